The summed E-state index contributed by atoms with van der Waals surface area (Å²) in [6, 6.07) is -0.321. The molecule has 0 heterocycles. The number of hydrogen-bond acceptors (Lipinski definition) is 3. The van der Waals surface area contributed by atoms with Crippen molar-refractivity contribution in [2.75, 3.05) is 0 Å². The summed E-state index contributed by atoms with van der Waals surface area (Å²) < 4.78 is 0. The molecule has 15 heavy (non-hydrogen) atoms. The Kier molecular flexibility index (Phi) is 4.08. The number of amides is 2. The highest BCUT2D eigenvalue weighted by Gasteiger charge is 2.25. The van der Waals surface area contributed by atoms with Crippen LogP contribution in [0.5, 0.6) is 0 Å². The van der Waals surface area contributed by atoms with Crippen molar-refractivity contribution in [2.24, 2.45) is 17.4 Å². The molecule has 1 saturated carbocycles. The van der Waals surface area contributed by atoms with Crippen LogP contribution in [0.1, 0.15) is 32.6 Å². The molecule has 2 amide bonds. The maximum absolute atomic E-state index is 11.3. The molecule has 1 unspecified atom stereocenters. The molecule has 0 aromatic heterocycles. The standard InChI is InChI=1S/C10H19N3O2/c1-6(11)10(15)13-8-4-2-7(3-5-8)9(12)14/h6-8H,2-5,11H2,1H3,(H2,12,14)(H,13,15). The zero-order chi connectivity index (χ0) is 11.4. The summed E-state index contributed by atoms with van der Waals surface area (Å²) >= 11 is 0. The lowest BCUT2D eigenvalue weighted by Crippen LogP contribution is -2.45. The normalized spacial score (nSPS) is 28.1. The lowest BCUT2D eigenvalue weighted by Gasteiger charge is -2.27. The van der Waals surface area contributed by atoms with Gasteiger partial charge in [-0.25, -0.2) is 0 Å². The van der Waals surface area contributed by atoms with E-state index in [1.165, 1.54) is 0 Å². The van der Waals surface area contributed by atoms with Gasteiger partial charge in [0.2, 0.25) is 11.8 Å². The lowest BCUT2D eigenvalue weighted by atomic mass is 9.85. The Morgan fingerprint density at radius 3 is 2.20 bits per heavy atom. The molecule has 1 aliphatic rings. The van der Waals surface area contributed by atoms with Crippen molar-refractivity contribution >= 4 is 11.8 Å². The third-order valence-corrected chi connectivity index (χ3v) is 2.89. The Hall–Kier alpha value is -1.10. The van der Waals surface area contributed by atoms with Crippen LogP contribution in [0.25, 0.3) is 0 Å². The topological polar surface area (TPSA) is 98.2 Å². The first-order valence-corrected chi connectivity index (χ1v) is 5.36. The first-order valence-electron chi connectivity index (χ1n) is 5.36. The van der Waals surface area contributed by atoms with E-state index in [0.29, 0.717) is 0 Å². The molecule has 0 aliphatic heterocycles. The Morgan fingerprint density at radius 2 is 1.80 bits per heavy atom. The predicted octanol–water partition coefficient (Wildman–Crippen LogP) is -0.506. The number of rotatable bonds is 3. The van der Waals surface area contributed by atoms with Gasteiger partial charge in [0.05, 0.1) is 6.04 Å². The van der Waals surface area contributed by atoms with E-state index in [-0.39, 0.29) is 23.8 Å². The first kappa shape index (κ1) is 12.0. The van der Waals surface area contributed by atoms with Crippen LogP contribution in [-0.2, 0) is 9.59 Å². The smallest absolute Gasteiger partial charge is 0.236 e. The van der Waals surface area contributed by atoms with E-state index in [0.717, 1.165) is 25.7 Å². The van der Waals surface area contributed by atoms with E-state index in [2.05, 4.69) is 5.32 Å². The monoisotopic (exact) mass is 213 g/mol. The highest BCUT2D eigenvalue weighted by molar-refractivity contribution is 5.81. The number of primary amides is 1. The third kappa shape index (κ3) is 3.51. The SMILES string of the molecule is CC(N)C(=O)NC1CCC(C(N)=O)CC1. The van der Waals surface area contributed by atoms with Crippen LogP contribution >= 0.6 is 0 Å². The molecule has 1 atom stereocenters. The Labute approximate surface area is 89.6 Å². The highest BCUT2D eigenvalue weighted by Crippen LogP contribution is 2.23. The molecular formula is C10H19N3O2. The second kappa shape index (κ2) is 5.11. The summed E-state index contributed by atoms with van der Waals surface area (Å²) in [6.07, 6.45) is 3.15. The minimum Gasteiger partial charge on any atom is -0.369 e. The average molecular weight is 213 g/mol. The van der Waals surface area contributed by atoms with E-state index >= 15 is 0 Å². The first-order chi connectivity index (χ1) is 7.00. The van der Waals surface area contributed by atoms with Gasteiger partial charge in [-0.3, -0.25) is 9.59 Å². The van der Waals surface area contributed by atoms with Crippen LogP contribution in [0, 0.1) is 5.92 Å². The Morgan fingerprint density at radius 1 is 1.27 bits per heavy atom. The predicted molar refractivity (Wildman–Crippen MR) is 56.7 cm³/mol. The summed E-state index contributed by atoms with van der Waals surface area (Å²) in [6.45, 7) is 1.66. The maximum atomic E-state index is 11.3. The molecule has 0 aromatic carbocycles. The van der Waals surface area contributed by atoms with Crippen LogP contribution in [0.4, 0.5) is 0 Å². The molecule has 0 aromatic rings. The van der Waals surface area contributed by atoms with Crippen LogP contribution in [0.2, 0.25) is 0 Å². The van der Waals surface area contributed by atoms with Gasteiger partial charge < -0.3 is 16.8 Å². The van der Waals surface area contributed by atoms with Crippen molar-refractivity contribution in [1.82, 2.24) is 5.32 Å². The fourth-order valence-electron chi connectivity index (χ4n) is 1.85. The van der Waals surface area contributed by atoms with Gasteiger partial charge in [-0.15, -0.1) is 0 Å². The second-order valence-electron chi connectivity index (χ2n) is 4.25. The molecule has 0 saturated heterocycles. The fraction of sp³-hybridized carbons (Fsp3) is 0.800. The molecule has 86 valence electrons. The van der Waals surface area contributed by atoms with E-state index in [1.54, 1.807) is 6.92 Å². The largest absolute Gasteiger partial charge is 0.369 e. The minimum absolute atomic E-state index is 0.0200. The molecule has 0 bridgehead atoms. The lowest BCUT2D eigenvalue weighted by molar-refractivity contribution is -0.123. The Bertz CT molecular complexity index is 245. The van der Waals surface area contributed by atoms with Gasteiger partial charge >= 0.3 is 0 Å². The molecule has 1 aliphatic carbocycles. The van der Waals surface area contributed by atoms with Crippen LogP contribution in [0.3, 0.4) is 0 Å². The van der Waals surface area contributed by atoms with Crippen molar-refractivity contribution in [1.29, 1.82) is 0 Å². The zero-order valence-electron chi connectivity index (χ0n) is 9.03. The van der Waals surface area contributed by atoms with Gasteiger partial charge in [0.15, 0.2) is 0 Å². The third-order valence-electron chi connectivity index (χ3n) is 2.89. The Balaban J connectivity index is 2.32. The molecule has 5 heteroatoms. The molecule has 1 fully saturated rings. The summed E-state index contributed by atoms with van der Waals surface area (Å²) in [5, 5.41) is 2.86. The minimum atomic E-state index is -0.473. The zero-order valence-corrected chi connectivity index (χ0v) is 9.03. The maximum Gasteiger partial charge on any atom is 0.236 e. The van der Waals surface area contributed by atoms with E-state index < -0.39 is 6.04 Å². The average Bonchev–Trinajstić information content (AvgIpc) is 2.18. The molecule has 0 radical (unpaired) electrons. The van der Waals surface area contributed by atoms with Gasteiger partial charge in [0, 0.05) is 12.0 Å². The van der Waals surface area contributed by atoms with Crippen LogP contribution < -0.4 is 16.8 Å². The number of nitrogens with two attached hydrogens (primary N) is 2. The quantitative estimate of drug-likeness (QED) is 0.589. The molecule has 5 N–H and O–H groups in total. The van der Waals surface area contributed by atoms with Gasteiger partial charge in [-0.1, -0.05) is 0 Å². The summed E-state index contributed by atoms with van der Waals surface area (Å²) in [4.78, 5) is 22.2. The van der Waals surface area contributed by atoms with Crippen molar-refractivity contribution < 1.29 is 9.59 Å². The highest BCUT2D eigenvalue weighted by atomic mass is 16.2. The number of nitrogens with one attached hydrogen (secondary N) is 1. The van der Waals surface area contributed by atoms with Gasteiger partial charge in [-0.2, -0.15) is 0 Å². The van der Waals surface area contributed by atoms with Gasteiger partial charge in [0.1, 0.15) is 0 Å². The van der Waals surface area contributed by atoms with Crippen molar-refractivity contribution in [3.63, 3.8) is 0 Å². The summed E-state index contributed by atoms with van der Waals surface area (Å²) in [7, 11) is 0. The molecule has 1 rings (SSSR count). The van der Waals surface area contributed by atoms with E-state index in [9.17, 15) is 9.59 Å². The molecule has 0 spiro atoms. The van der Waals surface area contributed by atoms with Gasteiger partial charge in [0.25, 0.3) is 0 Å². The van der Waals surface area contributed by atoms with Crippen molar-refractivity contribution in [3.8, 4) is 0 Å². The summed E-state index contributed by atoms with van der Waals surface area (Å²) in [5.41, 5.74) is 10.7. The van der Waals surface area contributed by atoms with Crippen molar-refractivity contribution in [3.05, 3.63) is 0 Å². The fourth-order valence-corrected chi connectivity index (χ4v) is 1.85. The van der Waals surface area contributed by atoms with E-state index in [4.69, 9.17) is 11.5 Å². The number of carbonyl (C=O) groups excluding carboxylic acids is 2. The van der Waals surface area contributed by atoms with Crippen LogP contribution in [0.15, 0.2) is 0 Å². The van der Waals surface area contributed by atoms with Crippen LogP contribution in [-0.4, -0.2) is 23.9 Å². The van der Waals surface area contributed by atoms with Gasteiger partial charge in [-0.05, 0) is 32.6 Å². The molecule has 5 nitrogen and oxygen atoms in total. The number of hydrogen-bond donors (Lipinski definition) is 3. The van der Waals surface area contributed by atoms with Crippen molar-refractivity contribution in [2.45, 2.75) is 44.7 Å². The molecular weight excluding hydrogens is 194 g/mol. The number of carbonyl (C=O) groups is 2. The summed E-state index contributed by atoms with van der Waals surface area (Å²) in [5.74, 6) is -0.377. The second-order valence-corrected chi connectivity index (χ2v) is 4.25. The van der Waals surface area contributed by atoms with E-state index in [1.807, 2.05) is 0 Å².